The maximum absolute atomic E-state index is 14.0. The second-order valence-electron chi connectivity index (χ2n) is 7.72. The minimum atomic E-state index is -3.71. The van der Waals surface area contributed by atoms with E-state index in [2.05, 4.69) is 0 Å². The van der Waals surface area contributed by atoms with Crippen molar-refractivity contribution in [3.63, 3.8) is 0 Å². The van der Waals surface area contributed by atoms with Gasteiger partial charge in [-0.05, 0) is 61.6 Å². The van der Waals surface area contributed by atoms with E-state index in [4.69, 9.17) is 11.6 Å². The third-order valence-electron chi connectivity index (χ3n) is 5.71. The van der Waals surface area contributed by atoms with Crippen molar-refractivity contribution in [2.45, 2.75) is 54.7 Å². The monoisotopic (exact) mass is 427 g/mol. The van der Waals surface area contributed by atoms with Gasteiger partial charge in [0.05, 0.1) is 10.5 Å². The largest absolute Gasteiger partial charge is 0.389 e. The molecule has 2 aromatic carbocycles. The Kier molecular flexibility index (Phi) is 4.98. The molecule has 2 bridgehead atoms. The van der Waals surface area contributed by atoms with Gasteiger partial charge in [-0.2, -0.15) is 4.31 Å². The molecule has 0 spiro atoms. The van der Waals surface area contributed by atoms with Crippen LogP contribution in [0.3, 0.4) is 0 Å². The molecule has 2 fully saturated rings. The van der Waals surface area contributed by atoms with Crippen molar-refractivity contribution in [2.24, 2.45) is 0 Å². The molecule has 0 saturated carbocycles. The van der Waals surface area contributed by atoms with Crippen molar-refractivity contribution in [3.8, 4) is 0 Å². The highest BCUT2D eigenvalue weighted by molar-refractivity contribution is 7.89. The molecule has 2 aromatic rings. The van der Waals surface area contributed by atoms with E-state index >= 15 is 0 Å². The van der Waals surface area contributed by atoms with Gasteiger partial charge >= 0.3 is 0 Å². The highest BCUT2D eigenvalue weighted by Gasteiger charge is 2.52. The van der Waals surface area contributed by atoms with Gasteiger partial charge in [0.15, 0.2) is 0 Å². The van der Waals surface area contributed by atoms with Crippen molar-refractivity contribution in [2.75, 3.05) is 0 Å². The summed E-state index contributed by atoms with van der Waals surface area (Å²) in [6, 6.07) is 8.62. The van der Waals surface area contributed by atoms with Gasteiger partial charge in [0.2, 0.25) is 10.0 Å². The molecule has 0 unspecified atom stereocenters. The minimum Gasteiger partial charge on any atom is -0.389 e. The summed E-state index contributed by atoms with van der Waals surface area (Å²) in [5.74, 6) is -1.37. The zero-order valence-corrected chi connectivity index (χ0v) is 16.6. The van der Waals surface area contributed by atoms with Gasteiger partial charge in [-0.1, -0.05) is 17.7 Å². The van der Waals surface area contributed by atoms with Crippen molar-refractivity contribution < 1.29 is 22.3 Å². The van der Waals surface area contributed by atoms with Gasteiger partial charge in [0, 0.05) is 29.6 Å². The zero-order valence-electron chi connectivity index (χ0n) is 15.0. The van der Waals surface area contributed by atoms with E-state index in [-0.39, 0.29) is 41.8 Å². The first-order chi connectivity index (χ1) is 13.2. The van der Waals surface area contributed by atoms with Crippen molar-refractivity contribution in [1.29, 1.82) is 0 Å². The second kappa shape index (κ2) is 7.06. The summed E-state index contributed by atoms with van der Waals surface area (Å²) in [4.78, 5) is 0.170. The maximum Gasteiger partial charge on any atom is 0.243 e. The molecule has 28 heavy (non-hydrogen) atoms. The predicted octanol–water partition coefficient (Wildman–Crippen LogP) is 3.91. The summed E-state index contributed by atoms with van der Waals surface area (Å²) in [7, 11) is -3.71. The summed E-state index contributed by atoms with van der Waals surface area (Å²) >= 11 is 5.86. The number of nitrogens with zero attached hydrogens (tertiary/aromatic N) is 1. The maximum atomic E-state index is 14.0. The molecule has 150 valence electrons. The summed E-state index contributed by atoms with van der Waals surface area (Å²) in [6.07, 6.45) is 1.75. The molecule has 2 atom stereocenters. The van der Waals surface area contributed by atoms with Gasteiger partial charge in [-0.15, -0.1) is 0 Å². The summed E-state index contributed by atoms with van der Waals surface area (Å²) in [5, 5.41) is 11.5. The Bertz CT molecular complexity index is 983. The van der Waals surface area contributed by atoms with Crippen LogP contribution in [0.2, 0.25) is 5.02 Å². The Balaban J connectivity index is 1.58. The Morgan fingerprint density at radius 1 is 1.07 bits per heavy atom. The lowest BCUT2D eigenvalue weighted by molar-refractivity contribution is -0.0290. The number of sulfonamides is 1. The van der Waals surface area contributed by atoms with Crippen LogP contribution in [-0.2, 0) is 16.4 Å². The quantitative estimate of drug-likeness (QED) is 0.804. The molecular formula is C20H20ClF2NO3S. The normalized spacial score (nSPS) is 27.9. The Morgan fingerprint density at radius 2 is 1.68 bits per heavy atom. The smallest absolute Gasteiger partial charge is 0.243 e. The number of hydrogen-bond donors (Lipinski definition) is 1. The zero-order chi connectivity index (χ0) is 20.1. The first-order valence-corrected chi connectivity index (χ1v) is 11.0. The van der Waals surface area contributed by atoms with E-state index in [1.54, 1.807) is 0 Å². The Labute approximate surface area is 167 Å². The number of aliphatic hydroxyl groups is 1. The Hall–Kier alpha value is -1.54. The average molecular weight is 428 g/mol. The third-order valence-corrected chi connectivity index (χ3v) is 7.98. The van der Waals surface area contributed by atoms with E-state index in [0.717, 1.165) is 12.1 Å². The van der Waals surface area contributed by atoms with Crippen LogP contribution in [0.1, 0.15) is 31.2 Å². The first kappa shape index (κ1) is 19.8. The number of fused-ring (bicyclic) bond motifs is 2. The summed E-state index contributed by atoms with van der Waals surface area (Å²) < 4.78 is 54.9. The first-order valence-electron chi connectivity index (χ1n) is 9.13. The molecule has 0 aromatic heterocycles. The molecule has 8 heteroatoms. The fourth-order valence-electron chi connectivity index (χ4n) is 4.57. The number of halogens is 3. The van der Waals surface area contributed by atoms with E-state index in [0.29, 0.717) is 17.9 Å². The molecule has 0 amide bonds. The van der Waals surface area contributed by atoms with Gasteiger partial charge in [-0.25, -0.2) is 17.2 Å². The minimum absolute atomic E-state index is 0.0287. The van der Waals surface area contributed by atoms with Crippen LogP contribution in [0.25, 0.3) is 0 Å². The van der Waals surface area contributed by atoms with Crippen LogP contribution in [-0.4, -0.2) is 35.5 Å². The van der Waals surface area contributed by atoms with Gasteiger partial charge in [0.1, 0.15) is 11.6 Å². The average Bonchev–Trinajstić information content (AvgIpc) is 2.92. The highest BCUT2D eigenvalue weighted by atomic mass is 35.5. The van der Waals surface area contributed by atoms with Crippen molar-refractivity contribution in [1.82, 2.24) is 4.31 Å². The lowest BCUT2D eigenvalue weighted by Gasteiger charge is -2.43. The molecule has 1 N–H and O–H groups in total. The van der Waals surface area contributed by atoms with Gasteiger partial charge in [-0.3, -0.25) is 0 Å². The number of benzene rings is 2. The molecule has 4 nitrogen and oxygen atoms in total. The third kappa shape index (κ3) is 3.56. The Morgan fingerprint density at radius 3 is 2.25 bits per heavy atom. The summed E-state index contributed by atoms with van der Waals surface area (Å²) in [5.41, 5.74) is -0.992. The van der Waals surface area contributed by atoms with Crippen molar-refractivity contribution in [3.05, 3.63) is 64.7 Å². The second-order valence-corrected chi connectivity index (χ2v) is 10.00. The molecule has 2 heterocycles. The molecule has 2 saturated heterocycles. The fourth-order valence-corrected chi connectivity index (χ4v) is 6.56. The molecule has 4 rings (SSSR count). The fraction of sp³-hybridized carbons (Fsp3) is 0.400. The molecular weight excluding hydrogens is 408 g/mol. The lowest BCUT2D eigenvalue weighted by atomic mass is 9.82. The molecule has 2 aliphatic heterocycles. The topological polar surface area (TPSA) is 57.6 Å². The van der Waals surface area contributed by atoms with E-state index < -0.39 is 27.3 Å². The van der Waals surface area contributed by atoms with Crippen LogP contribution >= 0.6 is 11.6 Å². The predicted molar refractivity (Wildman–Crippen MR) is 102 cm³/mol. The van der Waals surface area contributed by atoms with Crippen LogP contribution in [0.15, 0.2) is 47.4 Å². The van der Waals surface area contributed by atoms with Crippen LogP contribution in [0.5, 0.6) is 0 Å². The van der Waals surface area contributed by atoms with Gasteiger partial charge in [0.25, 0.3) is 0 Å². The van der Waals surface area contributed by atoms with E-state index in [1.807, 2.05) is 0 Å². The lowest BCUT2D eigenvalue weighted by Crippen LogP contribution is -2.53. The highest BCUT2D eigenvalue weighted by Crippen LogP contribution is 2.45. The number of hydrogen-bond acceptors (Lipinski definition) is 3. The van der Waals surface area contributed by atoms with Crippen LogP contribution < -0.4 is 0 Å². The van der Waals surface area contributed by atoms with Crippen molar-refractivity contribution >= 4 is 21.6 Å². The van der Waals surface area contributed by atoms with Crippen LogP contribution in [0.4, 0.5) is 8.78 Å². The molecule has 0 aliphatic carbocycles. The van der Waals surface area contributed by atoms with Crippen LogP contribution in [0, 0.1) is 11.6 Å². The molecule has 0 radical (unpaired) electrons. The molecule has 2 aliphatic rings. The standard InChI is InChI=1S/C20H20ClF2NO3S/c21-14-2-7-18(8-3-14)28(26,27)24-16-5-6-17(24)12-20(25,11-16)10-13-1-4-15(22)9-19(13)23/h1-4,7-9,16-17,25H,5-6,10-12H2/t16-,17-/m0/s1. The SMILES string of the molecule is O=S(=O)(c1ccc(Cl)cc1)N1[C@H]2CC[C@H]1CC(O)(Cc1ccc(F)cc1F)C2. The summed E-state index contributed by atoms with van der Waals surface area (Å²) in [6.45, 7) is 0. The number of piperidine rings is 1. The van der Waals surface area contributed by atoms with E-state index in [9.17, 15) is 22.3 Å². The van der Waals surface area contributed by atoms with Gasteiger partial charge < -0.3 is 5.11 Å². The number of rotatable bonds is 4. The van der Waals surface area contributed by atoms with E-state index in [1.165, 1.54) is 34.6 Å².